The van der Waals surface area contributed by atoms with Gasteiger partial charge in [0.15, 0.2) is 0 Å². The van der Waals surface area contributed by atoms with Crippen molar-refractivity contribution >= 4 is 21.7 Å². The molecular weight excluding hydrogens is 416 g/mol. The van der Waals surface area contributed by atoms with Gasteiger partial charge in [0.25, 0.3) is 0 Å². The lowest BCUT2D eigenvalue weighted by Gasteiger charge is -2.25. The summed E-state index contributed by atoms with van der Waals surface area (Å²) in [7, 11) is 3.36. The van der Waals surface area contributed by atoms with E-state index in [-0.39, 0.29) is 0 Å². The first-order valence-corrected chi connectivity index (χ1v) is 9.94. The molecule has 0 spiro atoms. The fourth-order valence-electron chi connectivity index (χ4n) is 2.96. The predicted molar refractivity (Wildman–Crippen MR) is 117 cm³/mol. The van der Waals surface area contributed by atoms with Crippen LogP contribution < -0.4 is 14.4 Å². The molecule has 1 heterocycles. The van der Waals surface area contributed by atoms with Crippen LogP contribution in [0.25, 0.3) is 0 Å². The third-order valence-electron chi connectivity index (χ3n) is 4.83. The molecule has 0 aliphatic heterocycles. The van der Waals surface area contributed by atoms with Gasteiger partial charge >= 0.3 is 0 Å². The van der Waals surface area contributed by atoms with Crippen molar-refractivity contribution in [2.24, 2.45) is 0 Å². The highest BCUT2D eigenvalue weighted by molar-refractivity contribution is 9.10. The molecule has 3 aromatic rings. The number of anilines is 1. The maximum Gasteiger partial charge on any atom is 0.130 e. The van der Waals surface area contributed by atoms with Crippen molar-refractivity contribution < 1.29 is 9.47 Å². The van der Waals surface area contributed by atoms with Gasteiger partial charge < -0.3 is 14.4 Å². The van der Waals surface area contributed by atoms with Crippen LogP contribution in [0, 0.1) is 13.8 Å². The Balaban J connectivity index is 1.92. The fraction of sp³-hybridized carbons (Fsp3) is 0.261. The molecule has 0 amide bonds. The Morgan fingerprint density at radius 2 is 1.29 bits per heavy atom. The third kappa shape index (κ3) is 4.84. The molecule has 0 saturated heterocycles. The lowest BCUT2D eigenvalue weighted by Crippen LogP contribution is -2.23. The summed E-state index contributed by atoms with van der Waals surface area (Å²) in [6.07, 6.45) is 0. The van der Waals surface area contributed by atoms with Gasteiger partial charge in [-0.15, -0.1) is 0 Å². The molecule has 0 unspecified atom stereocenters. The summed E-state index contributed by atoms with van der Waals surface area (Å²) in [6, 6.07) is 18.4. The molecular formula is C23H25BrN2O2. The van der Waals surface area contributed by atoms with E-state index in [1.165, 1.54) is 11.1 Å². The molecule has 0 atom stereocenters. The summed E-state index contributed by atoms with van der Waals surface area (Å²) in [5.74, 6) is 2.66. The van der Waals surface area contributed by atoms with E-state index in [4.69, 9.17) is 14.5 Å². The molecule has 0 saturated carbocycles. The van der Waals surface area contributed by atoms with Gasteiger partial charge in [0.2, 0.25) is 0 Å². The van der Waals surface area contributed by atoms with Crippen LogP contribution in [0.4, 0.5) is 5.82 Å². The number of aromatic nitrogens is 1. The average Bonchev–Trinajstić information content (AvgIpc) is 2.72. The average molecular weight is 441 g/mol. The molecule has 0 N–H and O–H groups in total. The van der Waals surface area contributed by atoms with Gasteiger partial charge in [-0.25, -0.2) is 4.98 Å². The second-order valence-electron chi connectivity index (χ2n) is 6.72. The number of rotatable bonds is 7. The summed E-state index contributed by atoms with van der Waals surface area (Å²) in [4.78, 5) is 7.12. The molecule has 28 heavy (non-hydrogen) atoms. The number of methoxy groups -OCH3 is 2. The van der Waals surface area contributed by atoms with Crippen molar-refractivity contribution in [2.45, 2.75) is 26.9 Å². The monoisotopic (exact) mass is 440 g/mol. The molecule has 0 bridgehead atoms. The van der Waals surface area contributed by atoms with Gasteiger partial charge in [-0.1, -0.05) is 40.2 Å². The highest BCUT2D eigenvalue weighted by Crippen LogP contribution is 2.27. The van der Waals surface area contributed by atoms with Gasteiger partial charge in [-0.3, -0.25) is 0 Å². The summed E-state index contributed by atoms with van der Waals surface area (Å²) < 4.78 is 11.6. The number of ether oxygens (including phenoxy) is 2. The number of halogens is 1. The minimum absolute atomic E-state index is 0.748. The molecule has 5 heteroatoms. The Hall–Kier alpha value is -2.53. The molecule has 4 nitrogen and oxygen atoms in total. The number of aryl methyl sites for hydroxylation is 1. The van der Waals surface area contributed by atoms with Crippen LogP contribution in [-0.4, -0.2) is 19.2 Å². The second-order valence-corrected chi connectivity index (χ2v) is 7.58. The first-order valence-electron chi connectivity index (χ1n) is 9.14. The van der Waals surface area contributed by atoms with Crippen molar-refractivity contribution in [1.29, 1.82) is 0 Å². The van der Waals surface area contributed by atoms with Crippen LogP contribution in [0.5, 0.6) is 11.5 Å². The summed E-state index contributed by atoms with van der Waals surface area (Å²) in [6.45, 7) is 5.62. The van der Waals surface area contributed by atoms with Crippen molar-refractivity contribution in [3.8, 4) is 11.5 Å². The van der Waals surface area contributed by atoms with Gasteiger partial charge in [0, 0.05) is 23.3 Å². The van der Waals surface area contributed by atoms with Crippen LogP contribution in [0.2, 0.25) is 0 Å². The molecule has 0 aliphatic carbocycles. The summed E-state index contributed by atoms with van der Waals surface area (Å²) in [5, 5.41) is 0. The first kappa shape index (κ1) is 20.2. The highest BCUT2D eigenvalue weighted by Gasteiger charge is 2.13. The van der Waals surface area contributed by atoms with E-state index in [2.05, 4.69) is 58.1 Å². The van der Waals surface area contributed by atoms with Gasteiger partial charge in [-0.05, 0) is 60.9 Å². The van der Waals surface area contributed by atoms with Crippen LogP contribution in [0.3, 0.4) is 0 Å². The standard InChI is InChI=1S/C23H25BrN2O2/c1-16-17(2)25-23(13-22(16)24)26(14-18-5-9-20(27-3)10-6-18)15-19-7-11-21(28-4)12-8-19/h5-13H,14-15H2,1-4H3. The maximum atomic E-state index is 5.28. The number of benzene rings is 2. The zero-order valence-electron chi connectivity index (χ0n) is 16.7. The van der Waals surface area contributed by atoms with Crippen LogP contribution in [0.1, 0.15) is 22.4 Å². The Kier molecular flexibility index (Phi) is 6.57. The first-order chi connectivity index (χ1) is 13.5. The van der Waals surface area contributed by atoms with E-state index in [0.29, 0.717) is 0 Å². The lowest BCUT2D eigenvalue weighted by molar-refractivity contribution is 0.414. The fourth-order valence-corrected chi connectivity index (χ4v) is 3.46. The molecule has 0 fully saturated rings. The van der Waals surface area contributed by atoms with E-state index in [0.717, 1.165) is 46.1 Å². The summed E-state index contributed by atoms with van der Waals surface area (Å²) in [5.41, 5.74) is 4.59. The van der Waals surface area contributed by atoms with E-state index in [1.54, 1.807) is 14.2 Å². The van der Waals surface area contributed by atoms with Crippen molar-refractivity contribution in [2.75, 3.05) is 19.1 Å². The van der Waals surface area contributed by atoms with Crippen molar-refractivity contribution in [1.82, 2.24) is 4.98 Å². The minimum atomic E-state index is 0.748. The minimum Gasteiger partial charge on any atom is -0.497 e. The Morgan fingerprint density at radius 1 is 0.821 bits per heavy atom. The quantitative estimate of drug-likeness (QED) is 0.472. The third-order valence-corrected chi connectivity index (χ3v) is 5.65. The number of pyridine rings is 1. The van der Waals surface area contributed by atoms with Crippen LogP contribution in [0.15, 0.2) is 59.1 Å². The Labute approximate surface area is 175 Å². The Bertz CT molecular complexity index is 852. The largest absolute Gasteiger partial charge is 0.497 e. The van der Waals surface area contributed by atoms with Crippen LogP contribution >= 0.6 is 15.9 Å². The van der Waals surface area contributed by atoms with E-state index in [9.17, 15) is 0 Å². The molecule has 2 aromatic carbocycles. The second kappa shape index (κ2) is 9.11. The number of hydrogen-bond acceptors (Lipinski definition) is 4. The molecule has 0 radical (unpaired) electrons. The van der Waals surface area contributed by atoms with Crippen LogP contribution in [-0.2, 0) is 13.1 Å². The number of nitrogens with zero attached hydrogens (tertiary/aromatic N) is 2. The van der Waals surface area contributed by atoms with Gasteiger partial charge in [-0.2, -0.15) is 0 Å². The number of hydrogen-bond donors (Lipinski definition) is 0. The molecule has 0 aliphatic rings. The molecule has 1 aromatic heterocycles. The highest BCUT2D eigenvalue weighted by atomic mass is 79.9. The van der Waals surface area contributed by atoms with Crippen molar-refractivity contribution in [3.63, 3.8) is 0 Å². The topological polar surface area (TPSA) is 34.6 Å². The Morgan fingerprint density at radius 3 is 1.68 bits per heavy atom. The predicted octanol–water partition coefficient (Wildman–Crippen LogP) is 5.68. The van der Waals surface area contributed by atoms with E-state index in [1.807, 2.05) is 31.2 Å². The zero-order valence-corrected chi connectivity index (χ0v) is 18.3. The zero-order chi connectivity index (χ0) is 20.1. The lowest BCUT2D eigenvalue weighted by atomic mass is 10.1. The normalized spacial score (nSPS) is 10.6. The van der Waals surface area contributed by atoms with Gasteiger partial charge in [0.05, 0.1) is 14.2 Å². The van der Waals surface area contributed by atoms with E-state index >= 15 is 0 Å². The smallest absolute Gasteiger partial charge is 0.130 e. The molecule has 146 valence electrons. The van der Waals surface area contributed by atoms with Gasteiger partial charge in [0.1, 0.15) is 17.3 Å². The van der Waals surface area contributed by atoms with E-state index < -0.39 is 0 Å². The maximum absolute atomic E-state index is 5.28. The SMILES string of the molecule is COc1ccc(CN(Cc2ccc(OC)cc2)c2cc(Br)c(C)c(C)n2)cc1. The summed E-state index contributed by atoms with van der Waals surface area (Å²) >= 11 is 3.67. The van der Waals surface area contributed by atoms with Crippen molar-refractivity contribution in [3.05, 3.63) is 81.5 Å². The molecule has 3 rings (SSSR count).